The van der Waals surface area contributed by atoms with Gasteiger partial charge >= 0.3 is 0 Å². The van der Waals surface area contributed by atoms with Crippen LogP contribution in [-0.4, -0.2) is 58.9 Å². The lowest BCUT2D eigenvalue weighted by molar-refractivity contribution is -0.133. The molecule has 4 rings (SSSR count). The molecule has 0 aliphatic carbocycles. The van der Waals surface area contributed by atoms with Crippen molar-refractivity contribution >= 4 is 45.0 Å². The summed E-state index contributed by atoms with van der Waals surface area (Å²) >= 11 is 7.42. The zero-order valence-electron chi connectivity index (χ0n) is 16.8. The largest absolute Gasteiger partial charge is 0.339 e. The number of para-hydroxylation sites is 1. The van der Waals surface area contributed by atoms with Crippen LogP contribution in [0, 0.1) is 0 Å². The van der Waals surface area contributed by atoms with Gasteiger partial charge < -0.3 is 14.4 Å². The van der Waals surface area contributed by atoms with Crippen molar-refractivity contribution in [3.63, 3.8) is 0 Å². The topological polar surface area (TPSA) is 57.9 Å². The van der Waals surface area contributed by atoms with Gasteiger partial charge in [0.05, 0.1) is 10.2 Å². The smallest absolute Gasteiger partial charge is 0.279 e. The van der Waals surface area contributed by atoms with Gasteiger partial charge in [-0.1, -0.05) is 48.1 Å². The van der Waals surface area contributed by atoms with Crippen molar-refractivity contribution in [2.75, 3.05) is 32.7 Å². The SMILES string of the molecule is CCN1CCN(C(=O)Cn2c(=NC(=O)c3cccc(Cl)c3)sc3ccccc32)CC1. The lowest BCUT2D eigenvalue weighted by atomic mass is 10.2. The molecule has 0 radical (unpaired) electrons. The Labute approximate surface area is 184 Å². The Morgan fingerprint density at radius 1 is 1.07 bits per heavy atom. The molecule has 1 fully saturated rings. The molecular formula is C22H23ClN4O2S. The molecule has 2 amide bonds. The molecule has 0 unspecified atom stereocenters. The maximum absolute atomic E-state index is 13.0. The van der Waals surface area contributed by atoms with E-state index in [0.29, 0.717) is 15.4 Å². The van der Waals surface area contributed by atoms with Crippen LogP contribution in [0.5, 0.6) is 0 Å². The van der Waals surface area contributed by atoms with Crippen molar-refractivity contribution in [2.24, 2.45) is 4.99 Å². The summed E-state index contributed by atoms with van der Waals surface area (Å²) in [5.41, 5.74) is 1.33. The molecule has 1 aliphatic rings. The summed E-state index contributed by atoms with van der Waals surface area (Å²) in [6.45, 7) is 6.53. The van der Waals surface area contributed by atoms with Gasteiger partial charge in [-0.15, -0.1) is 0 Å². The lowest BCUT2D eigenvalue weighted by Gasteiger charge is -2.34. The number of piperazine rings is 1. The van der Waals surface area contributed by atoms with Crippen LogP contribution in [0.15, 0.2) is 53.5 Å². The Morgan fingerprint density at radius 2 is 1.83 bits per heavy atom. The fourth-order valence-corrected chi connectivity index (χ4v) is 4.80. The third-order valence-electron chi connectivity index (χ3n) is 5.32. The molecule has 1 aliphatic heterocycles. The Balaban J connectivity index is 1.65. The molecule has 2 heterocycles. The molecule has 30 heavy (non-hydrogen) atoms. The third-order valence-corrected chi connectivity index (χ3v) is 6.62. The number of aromatic nitrogens is 1. The normalized spacial score (nSPS) is 15.7. The molecule has 6 nitrogen and oxygen atoms in total. The van der Waals surface area contributed by atoms with E-state index in [1.165, 1.54) is 11.3 Å². The van der Waals surface area contributed by atoms with Gasteiger partial charge in [0.1, 0.15) is 6.54 Å². The second-order valence-corrected chi connectivity index (χ2v) is 8.63. The Bertz CT molecular complexity index is 1150. The summed E-state index contributed by atoms with van der Waals surface area (Å²) in [7, 11) is 0. The number of amides is 2. The lowest BCUT2D eigenvalue weighted by Crippen LogP contribution is -2.49. The predicted molar refractivity (Wildman–Crippen MR) is 120 cm³/mol. The van der Waals surface area contributed by atoms with Gasteiger partial charge in [-0.2, -0.15) is 4.99 Å². The fourth-order valence-electron chi connectivity index (χ4n) is 3.58. The Kier molecular flexibility index (Phi) is 6.32. The van der Waals surface area contributed by atoms with Crippen molar-refractivity contribution in [3.8, 4) is 0 Å². The van der Waals surface area contributed by atoms with Crippen LogP contribution in [-0.2, 0) is 11.3 Å². The molecule has 0 saturated carbocycles. The van der Waals surface area contributed by atoms with Crippen LogP contribution in [0.25, 0.3) is 10.2 Å². The van der Waals surface area contributed by atoms with Gasteiger partial charge in [0.25, 0.3) is 5.91 Å². The average Bonchev–Trinajstić information content (AvgIpc) is 3.10. The third kappa shape index (κ3) is 4.48. The van der Waals surface area contributed by atoms with E-state index in [2.05, 4.69) is 16.8 Å². The van der Waals surface area contributed by atoms with E-state index in [0.717, 1.165) is 42.9 Å². The number of thiazole rings is 1. The van der Waals surface area contributed by atoms with Crippen molar-refractivity contribution in [2.45, 2.75) is 13.5 Å². The predicted octanol–water partition coefficient (Wildman–Crippen LogP) is 3.26. The van der Waals surface area contributed by atoms with Crippen LogP contribution in [0.1, 0.15) is 17.3 Å². The van der Waals surface area contributed by atoms with Gasteiger partial charge in [0.2, 0.25) is 5.91 Å². The highest BCUT2D eigenvalue weighted by Crippen LogP contribution is 2.18. The second-order valence-electron chi connectivity index (χ2n) is 7.18. The fraction of sp³-hybridized carbons (Fsp3) is 0.318. The van der Waals surface area contributed by atoms with E-state index in [-0.39, 0.29) is 18.4 Å². The number of likely N-dealkylation sites (N-methyl/N-ethyl adjacent to an activating group) is 1. The van der Waals surface area contributed by atoms with E-state index in [4.69, 9.17) is 11.6 Å². The summed E-state index contributed by atoms with van der Waals surface area (Å²) < 4.78 is 2.83. The van der Waals surface area contributed by atoms with Gasteiger partial charge in [0.15, 0.2) is 4.80 Å². The van der Waals surface area contributed by atoms with Gasteiger partial charge in [-0.3, -0.25) is 9.59 Å². The number of hydrogen-bond acceptors (Lipinski definition) is 4. The second kappa shape index (κ2) is 9.12. The molecule has 8 heteroatoms. The number of benzene rings is 2. The van der Waals surface area contributed by atoms with Crippen LogP contribution >= 0.6 is 22.9 Å². The molecular weight excluding hydrogens is 420 g/mol. The number of carbonyl (C=O) groups is 2. The van der Waals surface area contributed by atoms with Crippen molar-refractivity contribution in [1.29, 1.82) is 0 Å². The molecule has 3 aromatic rings. The Hall–Kier alpha value is -2.48. The number of nitrogens with zero attached hydrogens (tertiary/aromatic N) is 4. The van der Waals surface area contributed by atoms with Crippen molar-refractivity contribution in [1.82, 2.24) is 14.4 Å². The van der Waals surface area contributed by atoms with Crippen molar-refractivity contribution < 1.29 is 9.59 Å². The summed E-state index contributed by atoms with van der Waals surface area (Å²) in [6, 6.07) is 14.5. The van der Waals surface area contributed by atoms with E-state index in [9.17, 15) is 9.59 Å². The van der Waals surface area contributed by atoms with E-state index in [1.807, 2.05) is 33.7 Å². The van der Waals surface area contributed by atoms with E-state index >= 15 is 0 Å². The van der Waals surface area contributed by atoms with Crippen LogP contribution in [0.3, 0.4) is 0 Å². The number of rotatable bonds is 4. The standard InChI is InChI=1S/C22H23ClN4O2S/c1-2-25-10-12-26(13-11-25)20(28)15-27-18-8-3-4-9-19(18)30-22(27)24-21(29)16-6-5-7-17(23)14-16/h3-9,14H,2,10-13,15H2,1H3. The first kappa shape index (κ1) is 20.8. The van der Waals surface area contributed by atoms with Crippen LogP contribution in [0.4, 0.5) is 0 Å². The highest BCUT2D eigenvalue weighted by Gasteiger charge is 2.21. The van der Waals surface area contributed by atoms with Crippen LogP contribution < -0.4 is 4.80 Å². The maximum Gasteiger partial charge on any atom is 0.279 e. The van der Waals surface area contributed by atoms with Gasteiger partial charge in [-0.25, -0.2) is 0 Å². The quantitative estimate of drug-likeness (QED) is 0.623. The molecule has 1 saturated heterocycles. The van der Waals surface area contributed by atoms with E-state index in [1.54, 1.807) is 24.3 Å². The van der Waals surface area contributed by atoms with Gasteiger partial charge in [-0.05, 0) is 36.9 Å². The van der Waals surface area contributed by atoms with E-state index < -0.39 is 0 Å². The van der Waals surface area contributed by atoms with Crippen LogP contribution in [0.2, 0.25) is 5.02 Å². The molecule has 0 N–H and O–H groups in total. The first-order valence-corrected chi connectivity index (χ1v) is 11.2. The minimum absolute atomic E-state index is 0.0472. The highest BCUT2D eigenvalue weighted by atomic mass is 35.5. The maximum atomic E-state index is 13.0. The highest BCUT2D eigenvalue weighted by molar-refractivity contribution is 7.16. The number of halogens is 1. The molecule has 2 aromatic carbocycles. The first-order chi connectivity index (χ1) is 14.5. The van der Waals surface area contributed by atoms with Gasteiger partial charge in [0, 0.05) is 36.8 Å². The monoisotopic (exact) mass is 442 g/mol. The zero-order valence-corrected chi connectivity index (χ0v) is 18.3. The average molecular weight is 443 g/mol. The molecule has 0 atom stereocenters. The molecule has 1 aromatic heterocycles. The minimum Gasteiger partial charge on any atom is -0.339 e. The summed E-state index contributed by atoms with van der Waals surface area (Å²) in [5.74, 6) is -0.326. The van der Waals surface area contributed by atoms with Crippen molar-refractivity contribution in [3.05, 3.63) is 63.9 Å². The molecule has 0 bridgehead atoms. The molecule has 0 spiro atoms. The number of fused-ring (bicyclic) bond motifs is 1. The Morgan fingerprint density at radius 3 is 2.57 bits per heavy atom. The minimum atomic E-state index is -0.373. The summed E-state index contributed by atoms with van der Waals surface area (Å²) in [6.07, 6.45) is 0. The first-order valence-electron chi connectivity index (χ1n) is 9.98. The number of hydrogen-bond donors (Lipinski definition) is 0. The summed E-state index contributed by atoms with van der Waals surface area (Å²) in [5, 5.41) is 0.488. The number of carbonyl (C=O) groups excluding carboxylic acids is 2. The zero-order chi connectivity index (χ0) is 21.1. The summed E-state index contributed by atoms with van der Waals surface area (Å²) in [4.78, 5) is 34.8. The molecule has 156 valence electrons.